The fraction of sp³-hybridized carbons (Fsp3) is 1.00. The van der Waals surface area contributed by atoms with Crippen LogP contribution in [-0.4, -0.2) is 18.0 Å². The molecule has 70 valence electrons. The van der Waals surface area contributed by atoms with E-state index in [1.165, 1.54) is 38.5 Å². The molecule has 2 nitrogen and oxygen atoms in total. The minimum Gasteiger partial charge on any atom is -0.368 e. The summed E-state index contributed by atoms with van der Waals surface area (Å²) in [5, 5.41) is 9.40. The Hall–Kier alpha value is -0.0800. The Balaban J connectivity index is 1.97. The maximum absolute atomic E-state index is 9.40. The van der Waals surface area contributed by atoms with Crippen molar-refractivity contribution in [1.29, 1.82) is 0 Å². The molecule has 2 aliphatic rings. The Morgan fingerprint density at radius 2 is 1.83 bits per heavy atom. The molecule has 0 aromatic heterocycles. The summed E-state index contributed by atoms with van der Waals surface area (Å²) in [6, 6.07) is 0. The van der Waals surface area contributed by atoms with Gasteiger partial charge in [-0.2, -0.15) is 0 Å². The van der Waals surface area contributed by atoms with Crippen molar-refractivity contribution in [1.82, 2.24) is 0 Å². The van der Waals surface area contributed by atoms with E-state index in [1.54, 1.807) is 0 Å². The highest BCUT2D eigenvalue weighted by molar-refractivity contribution is 4.85. The highest BCUT2D eigenvalue weighted by atomic mass is 16.6. The number of ether oxygens (including phenoxy) is 1. The number of hydrogen-bond acceptors (Lipinski definition) is 2. The molecule has 12 heavy (non-hydrogen) atoms. The maximum Gasteiger partial charge on any atom is 0.155 e. The fourth-order valence-corrected chi connectivity index (χ4v) is 2.70. The maximum atomic E-state index is 9.40. The first kappa shape index (κ1) is 8.52. The zero-order valence-electron chi connectivity index (χ0n) is 7.59. The van der Waals surface area contributed by atoms with E-state index in [9.17, 15) is 5.11 Å². The molecule has 1 spiro atoms. The molecule has 0 bridgehead atoms. The second-order valence-corrected chi connectivity index (χ2v) is 4.34. The van der Waals surface area contributed by atoms with Crippen molar-refractivity contribution in [2.75, 3.05) is 6.61 Å². The lowest BCUT2D eigenvalue weighted by atomic mass is 9.69. The normalized spacial score (nSPS) is 35.2. The van der Waals surface area contributed by atoms with Crippen LogP contribution in [0.4, 0.5) is 0 Å². The molecule has 1 aliphatic carbocycles. The van der Waals surface area contributed by atoms with E-state index >= 15 is 0 Å². The van der Waals surface area contributed by atoms with Gasteiger partial charge in [0.2, 0.25) is 0 Å². The molecule has 2 heteroatoms. The lowest BCUT2D eigenvalue weighted by molar-refractivity contribution is -0.166. The Labute approximate surface area is 73.9 Å². The molecule has 1 atom stereocenters. The van der Waals surface area contributed by atoms with Gasteiger partial charge in [0.25, 0.3) is 0 Å². The van der Waals surface area contributed by atoms with E-state index in [2.05, 4.69) is 0 Å². The second kappa shape index (κ2) is 3.35. The minimum absolute atomic E-state index is 0.454. The predicted molar refractivity (Wildman–Crippen MR) is 46.7 cm³/mol. The molecule has 2 fully saturated rings. The van der Waals surface area contributed by atoms with Gasteiger partial charge in [-0.25, -0.2) is 0 Å². The summed E-state index contributed by atoms with van der Waals surface area (Å²) in [5.41, 5.74) is 0.454. The van der Waals surface area contributed by atoms with Crippen molar-refractivity contribution in [3.63, 3.8) is 0 Å². The lowest BCUT2D eigenvalue weighted by Crippen LogP contribution is -2.36. The third kappa shape index (κ3) is 1.64. The van der Waals surface area contributed by atoms with Gasteiger partial charge in [-0.05, 0) is 24.7 Å². The van der Waals surface area contributed by atoms with Crippen LogP contribution in [0.3, 0.4) is 0 Å². The van der Waals surface area contributed by atoms with Gasteiger partial charge in [-0.15, -0.1) is 0 Å². The number of rotatable bonds is 0. The quantitative estimate of drug-likeness (QED) is 0.603. The summed E-state index contributed by atoms with van der Waals surface area (Å²) in [5.74, 6) is 0. The molecule has 1 N–H and O–H groups in total. The van der Waals surface area contributed by atoms with E-state index in [4.69, 9.17) is 4.74 Å². The van der Waals surface area contributed by atoms with E-state index in [1.807, 2.05) is 0 Å². The average Bonchev–Trinajstić information content (AvgIpc) is 2.05. The average molecular weight is 170 g/mol. The summed E-state index contributed by atoms with van der Waals surface area (Å²) < 4.78 is 5.16. The third-order valence-corrected chi connectivity index (χ3v) is 3.46. The standard InChI is InChI=1S/C10H18O2/c11-9-8-10(6-7-12-9)4-2-1-3-5-10/h9,11H,1-8H2/t9-/m0/s1. The molecule has 1 aliphatic heterocycles. The zero-order chi connectivity index (χ0) is 8.44. The Morgan fingerprint density at radius 3 is 2.50 bits per heavy atom. The number of aliphatic hydroxyl groups is 1. The van der Waals surface area contributed by atoms with Crippen LogP contribution < -0.4 is 0 Å². The van der Waals surface area contributed by atoms with Crippen molar-refractivity contribution in [2.24, 2.45) is 5.41 Å². The highest BCUT2D eigenvalue weighted by Gasteiger charge is 2.36. The van der Waals surface area contributed by atoms with Crippen molar-refractivity contribution in [3.05, 3.63) is 0 Å². The van der Waals surface area contributed by atoms with Crippen molar-refractivity contribution in [3.8, 4) is 0 Å². The van der Waals surface area contributed by atoms with Gasteiger partial charge >= 0.3 is 0 Å². The molecule has 0 aromatic carbocycles. The van der Waals surface area contributed by atoms with Crippen molar-refractivity contribution >= 4 is 0 Å². The fourth-order valence-electron chi connectivity index (χ4n) is 2.70. The summed E-state index contributed by atoms with van der Waals surface area (Å²) in [7, 11) is 0. The Morgan fingerprint density at radius 1 is 1.08 bits per heavy atom. The van der Waals surface area contributed by atoms with Crippen LogP contribution in [0.15, 0.2) is 0 Å². The summed E-state index contributed by atoms with van der Waals surface area (Å²) >= 11 is 0. The minimum atomic E-state index is -0.475. The van der Waals surface area contributed by atoms with Gasteiger partial charge < -0.3 is 9.84 Å². The largest absolute Gasteiger partial charge is 0.368 e. The van der Waals surface area contributed by atoms with E-state index in [-0.39, 0.29) is 0 Å². The van der Waals surface area contributed by atoms with Crippen LogP contribution in [0, 0.1) is 5.41 Å². The number of aliphatic hydroxyl groups excluding tert-OH is 1. The van der Waals surface area contributed by atoms with Crippen LogP contribution in [0.25, 0.3) is 0 Å². The molecule has 1 heterocycles. The van der Waals surface area contributed by atoms with E-state index in [0.29, 0.717) is 5.41 Å². The first-order chi connectivity index (χ1) is 5.81. The Kier molecular flexibility index (Phi) is 2.37. The lowest BCUT2D eigenvalue weighted by Gasteiger charge is -2.42. The van der Waals surface area contributed by atoms with Gasteiger partial charge in [0.1, 0.15) is 0 Å². The summed E-state index contributed by atoms with van der Waals surface area (Å²) in [4.78, 5) is 0. The molecular formula is C10H18O2. The monoisotopic (exact) mass is 170 g/mol. The topological polar surface area (TPSA) is 29.5 Å². The zero-order valence-corrected chi connectivity index (χ0v) is 7.59. The van der Waals surface area contributed by atoms with Gasteiger partial charge in [-0.1, -0.05) is 19.3 Å². The summed E-state index contributed by atoms with van der Waals surface area (Å²) in [6.07, 6.45) is 8.30. The number of hydrogen-bond donors (Lipinski definition) is 1. The first-order valence-corrected chi connectivity index (χ1v) is 5.11. The smallest absolute Gasteiger partial charge is 0.155 e. The van der Waals surface area contributed by atoms with Crippen LogP contribution in [0.1, 0.15) is 44.9 Å². The molecule has 1 saturated heterocycles. The molecule has 1 saturated carbocycles. The SMILES string of the molecule is O[C@@H]1CC2(CCCCC2)CCO1. The van der Waals surface area contributed by atoms with Crippen molar-refractivity contribution in [2.45, 2.75) is 51.2 Å². The highest BCUT2D eigenvalue weighted by Crippen LogP contribution is 2.45. The Bertz CT molecular complexity index is 144. The molecule has 0 unspecified atom stereocenters. The predicted octanol–water partition coefficient (Wildman–Crippen LogP) is 2.07. The van der Waals surface area contributed by atoms with Crippen LogP contribution in [0.2, 0.25) is 0 Å². The van der Waals surface area contributed by atoms with Gasteiger partial charge in [0.05, 0.1) is 6.61 Å². The third-order valence-electron chi connectivity index (χ3n) is 3.46. The van der Waals surface area contributed by atoms with Gasteiger partial charge in [0.15, 0.2) is 6.29 Å². The molecule has 0 radical (unpaired) electrons. The molecule has 0 aromatic rings. The van der Waals surface area contributed by atoms with E-state index in [0.717, 1.165) is 13.0 Å². The molecule has 0 amide bonds. The van der Waals surface area contributed by atoms with Crippen LogP contribution >= 0.6 is 0 Å². The van der Waals surface area contributed by atoms with Gasteiger partial charge in [0, 0.05) is 6.42 Å². The van der Waals surface area contributed by atoms with Crippen LogP contribution in [-0.2, 0) is 4.74 Å². The van der Waals surface area contributed by atoms with Crippen molar-refractivity contribution < 1.29 is 9.84 Å². The van der Waals surface area contributed by atoms with Crippen LogP contribution in [0.5, 0.6) is 0 Å². The second-order valence-electron chi connectivity index (χ2n) is 4.34. The first-order valence-electron chi connectivity index (χ1n) is 5.11. The molecular weight excluding hydrogens is 152 g/mol. The van der Waals surface area contributed by atoms with E-state index < -0.39 is 6.29 Å². The molecule has 2 rings (SSSR count). The summed E-state index contributed by atoms with van der Waals surface area (Å²) in [6.45, 7) is 0.765. The van der Waals surface area contributed by atoms with Gasteiger partial charge in [-0.3, -0.25) is 0 Å².